The Morgan fingerprint density at radius 2 is 1.17 bits per heavy atom. The second kappa shape index (κ2) is 3.20. The normalized spacial score (nSPS) is 9.83. The monoisotopic (exact) mass is 348 g/mol. The van der Waals surface area contributed by atoms with Gasteiger partial charge in [0.2, 0.25) is 0 Å². The molecule has 0 aliphatic rings. The van der Waals surface area contributed by atoms with E-state index >= 15 is 0 Å². The van der Waals surface area contributed by atoms with Gasteiger partial charge in [0, 0.05) is 0 Å². The van der Waals surface area contributed by atoms with Gasteiger partial charge in [0.1, 0.15) is 0 Å². The van der Waals surface area contributed by atoms with Gasteiger partial charge in [-0.1, -0.05) is 0 Å². The molecule has 0 aromatic heterocycles. The van der Waals surface area contributed by atoms with Crippen molar-refractivity contribution in [2.75, 3.05) is 0 Å². The van der Waals surface area contributed by atoms with Crippen LogP contribution in [0.2, 0.25) is 0 Å². The molecule has 0 radical (unpaired) electrons. The van der Waals surface area contributed by atoms with Crippen molar-refractivity contribution in [3.05, 3.63) is 0 Å². The molecule has 0 N–H and O–H groups in total. The van der Waals surface area contributed by atoms with Crippen molar-refractivity contribution >= 4 is 41.8 Å². The second-order valence-electron chi connectivity index (χ2n) is 0.447. The first kappa shape index (κ1) is 10.2. The standard InChI is InChI=1S/AsH3O4.Pb.H/c2-1(3,4)5;;/h(H3,2,3,4,5);;/q;+3;/p-3. The van der Waals surface area contributed by atoms with Crippen molar-refractivity contribution in [1.29, 1.82) is 0 Å². The summed E-state index contributed by atoms with van der Waals surface area (Å²) in [6.07, 6.45) is 0. The van der Waals surface area contributed by atoms with Gasteiger partial charge in [-0.25, -0.2) is 0 Å². The summed E-state index contributed by atoms with van der Waals surface area (Å²) in [6, 6.07) is 0. The molecule has 4 nitrogen and oxygen atoms in total. The molecule has 0 aliphatic heterocycles. The third-order valence-electron chi connectivity index (χ3n) is 0. The van der Waals surface area contributed by atoms with E-state index in [-0.39, 0.29) is 27.3 Å². The van der Waals surface area contributed by atoms with E-state index in [0.717, 1.165) is 0 Å². The summed E-state index contributed by atoms with van der Waals surface area (Å²) in [7, 11) is 0. The molecule has 0 saturated heterocycles. The minimum absolute atomic E-state index is 0. The van der Waals surface area contributed by atoms with Crippen LogP contribution in [0.15, 0.2) is 0 Å². The van der Waals surface area contributed by atoms with Crippen molar-refractivity contribution < 1.29 is 16.0 Å². The van der Waals surface area contributed by atoms with Gasteiger partial charge >= 0.3 is 57.8 Å². The molecule has 6 heavy (non-hydrogen) atoms. The van der Waals surface area contributed by atoms with Crippen LogP contribution in [0.3, 0.4) is 0 Å². The topological polar surface area (TPSA) is 86.2 Å². The first-order chi connectivity index (χ1) is 2.00. The predicted molar refractivity (Wildman–Crippen MR) is 13.6 cm³/mol. The third kappa shape index (κ3) is 66.3. The van der Waals surface area contributed by atoms with Gasteiger partial charge in [0.15, 0.2) is 0 Å². The fourth-order valence-electron chi connectivity index (χ4n) is 0. The maximum absolute atomic E-state index is 8.61. The fourth-order valence-corrected chi connectivity index (χ4v) is 0. The SMILES string of the molecule is O=[As]([O-])([O-])[O-].[PbH+3]. The van der Waals surface area contributed by atoms with Crippen LogP contribution in [0.4, 0.5) is 0 Å². The zero-order valence-electron chi connectivity index (χ0n) is 2.66. The average molecular weight is 347 g/mol. The average Bonchev–Trinajstić information content (AvgIpc) is 0.722. The van der Waals surface area contributed by atoms with Crippen molar-refractivity contribution in [2.45, 2.75) is 0 Å². The molecule has 0 heterocycles. The molecule has 6 heteroatoms. The Hall–Kier alpha value is 1.16. The van der Waals surface area contributed by atoms with E-state index in [2.05, 4.69) is 0 Å². The Balaban J connectivity index is 0. The van der Waals surface area contributed by atoms with Gasteiger partial charge in [-0.15, -0.1) is 0 Å². The summed E-state index contributed by atoms with van der Waals surface area (Å²) < 4.78 is 34.4. The van der Waals surface area contributed by atoms with E-state index in [1.165, 1.54) is 0 Å². The van der Waals surface area contributed by atoms with Gasteiger partial charge in [0.25, 0.3) is 0 Å². The van der Waals surface area contributed by atoms with Crippen LogP contribution < -0.4 is 12.3 Å². The van der Waals surface area contributed by atoms with Crippen LogP contribution in [-0.4, -0.2) is 41.8 Å². The Bertz CT molecular complexity index is 53.7. The van der Waals surface area contributed by atoms with E-state index in [4.69, 9.17) is 16.0 Å². The van der Waals surface area contributed by atoms with Crippen LogP contribution in [-0.2, 0) is 3.74 Å². The summed E-state index contributed by atoms with van der Waals surface area (Å²) in [5.41, 5.74) is 0. The summed E-state index contributed by atoms with van der Waals surface area (Å²) >= 11 is -5.88. The van der Waals surface area contributed by atoms with Crippen molar-refractivity contribution in [1.82, 2.24) is 0 Å². The number of rotatable bonds is 0. The van der Waals surface area contributed by atoms with Crippen LogP contribution in [0.25, 0.3) is 0 Å². The van der Waals surface area contributed by atoms with Crippen LogP contribution in [0, 0.1) is 0 Å². The van der Waals surface area contributed by atoms with Gasteiger partial charge in [0.05, 0.1) is 0 Å². The third-order valence-corrected chi connectivity index (χ3v) is 0. The van der Waals surface area contributed by atoms with Gasteiger partial charge in [-0.2, -0.15) is 0 Å². The Labute approximate surface area is 57.7 Å². The summed E-state index contributed by atoms with van der Waals surface area (Å²) in [5.74, 6) is 0. The Kier molecular flexibility index (Phi) is 5.44. The number of hydrogen-bond acceptors (Lipinski definition) is 4. The van der Waals surface area contributed by atoms with Crippen molar-refractivity contribution in [3.8, 4) is 0 Å². The van der Waals surface area contributed by atoms with Gasteiger partial charge in [-0.05, 0) is 0 Å². The molecule has 0 saturated carbocycles. The van der Waals surface area contributed by atoms with Crippen molar-refractivity contribution in [3.63, 3.8) is 0 Å². The Morgan fingerprint density at radius 3 is 1.17 bits per heavy atom. The zero-order valence-corrected chi connectivity index (χ0v) is 9.02. The molecule has 0 unspecified atom stereocenters. The molecule has 0 aromatic carbocycles. The maximum atomic E-state index is 8.61. The first-order valence-corrected chi connectivity index (χ1v) is 3.79. The molecule has 0 aliphatic carbocycles. The summed E-state index contributed by atoms with van der Waals surface area (Å²) in [6.45, 7) is 0. The fraction of sp³-hybridized carbons (Fsp3) is 0. The molecule has 0 fully saturated rings. The van der Waals surface area contributed by atoms with E-state index < -0.39 is 14.5 Å². The molecular formula is HAsO4Pb. The van der Waals surface area contributed by atoms with E-state index in [9.17, 15) is 0 Å². The molecular weight excluding hydrogens is 346 g/mol. The molecule has 0 atom stereocenters. The van der Waals surface area contributed by atoms with Gasteiger partial charge < -0.3 is 0 Å². The second-order valence-corrected chi connectivity index (χ2v) is 2.32. The zero-order chi connectivity index (χ0) is 4.50. The molecule has 0 bridgehead atoms. The molecule has 0 rings (SSSR count). The van der Waals surface area contributed by atoms with E-state index in [1.54, 1.807) is 0 Å². The minimum atomic E-state index is -5.88. The number of hydrogen-bond donors (Lipinski definition) is 0. The van der Waals surface area contributed by atoms with E-state index in [1.807, 2.05) is 0 Å². The van der Waals surface area contributed by atoms with Crippen LogP contribution in [0.1, 0.15) is 0 Å². The Morgan fingerprint density at radius 1 is 1.17 bits per heavy atom. The first-order valence-electron chi connectivity index (χ1n) is 0.730. The van der Waals surface area contributed by atoms with Crippen molar-refractivity contribution in [2.24, 2.45) is 0 Å². The van der Waals surface area contributed by atoms with Crippen LogP contribution in [0.5, 0.6) is 0 Å². The van der Waals surface area contributed by atoms with Gasteiger partial charge in [-0.3, -0.25) is 0 Å². The molecule has 0 amide bonds. The summed E-state index contributed by atoms with van der Waals surface area (Å²) in [5, 5.41) is 0. The van der Waals surface area contributed by atoms with Crippen LogP contribution >= 0.6 is 0 Å². The van der Waals surface area contributed by atoms with E-state index in [0.29, 0.717) is 0 Å². The summed E-state index contributed by atoms with van der Waals surface area (Å²) in [4.78, 5) is 0. The quantitative estimate of drug-likeness (QED) is 0.412. The molecule has 34 valence electrons. The molecule has 0 aromatic rings. The predicted octanol–water partition coefficient (Wildman–Crippen LogP) is -4.72. The molecule has 0 spiro atoms.